The Balaban J connectivity index is 1.90. The fourth-order valence-electron chi connectivity index (χ4n) is 2.71. The lowest BCUT2D eigenvalue weighted by molar-refractivity contribution is -0.127. The van der Waals surface area contributed by atoms with Crippen LogP contribution in [0.1, 0.15) is 36.5 Å². The molecule has 0 aromatic carbocycles. The third-order valence-corrected chi connectivity index (χ3v) is 3.84. The van der Waals surface area contributed by atoms with Gasteiger partial charge in [-0.3, -0.25) is 9.89 Å². The first kappa shape index (κ1) is 13.7. The normalized spacial score (nSPS) is 18.2. The van der Waals surface area contributed by atoms with Gasteiger partial charge in [0, 0.05) is 37.3 Å². The van der Waals surface area contributed by atoms with Crippen LogP contribution in [0, 0.1) is 13.8 Å². The maximum Gasteiger partial charge on any atom is 0.219 e. The molecule has 1 N–H and O–H groups in total. The van der Waals surface area contributed by atoms with Gasteiger partial charge in [-0.15, -0.1) is 0 Å². The highest BCUT2D eigenvalue weighted by Crippen LogP contribution is 2.26. The molecule has 110 valence electrons. The molecule has 0 spiro atoms. The number of nitrogens with one attached hydrogen (secondary N) is 1. The average molecular weight is 285 g/mol. The summed E-state index contributed by atoms with van der Waals surface area (Å²) in [7, 11) is 0. The molecule has 21 heavy (non-hydrogen) atoms. The van der Waals surface area contributed by atoms with E-state index in [1.165, 1.54) is 0 Å². The van der Waals surface area contributed by atoms with Gasteiger partial charge < -0.3 is 4.90 Å². The average Bonchev–Trinajstić information content (AvgIpc) is 3.06. The Morgan fingerprint density at radius 3 is 2.71 bits per heavy atom. The van der Waals surface area contributed by atoms with Crippen molar-refractivity contribution in [3.8, 4) is 11.4 Å². The van der Waals surface area contributed by atoms with Crippen molar-refractivity contribution in [3.63, 3.8) is 0 Å². The van der Waals surface area contributed by atoms with Crippen molar-refractivity contribution in [2.75, 3.05) is 13.1 Å². The lowest BCUT2D eigenvalue weighted by atomic mass is 10.1. The molecule has 0 aliphatic carbocycles. The first-order valence-electron chi connectivity index (χ1n) is 7.16. The molecule has 1 fully saturated rings. The fourth-order valence-corrected chi connectivity index (χ4v) is 2.71. The smallest absolute Gasteiger partial charge is 0.219 e. The Labute approximate surface area is 123 Å². The summed E-state index contributed by atoms with van der Waals surface area (Å²) in [5, 5.41) is 7.19. The van der Waals surface area contributed by atoms with Crippen molar-refractivity contribution in [2.24, 2.45) is 0 Å². The Morgan fingerprint density at radius 1 is 1.29 bits per heavy atom. The highest BCUT2D eigenvalue weighted by Gasteiger charge is 2.28. The Hall–Kier alpha value is -2.24. The number of amides is 1. The van der Waals surface area contributed by atoms with E-state index >= 15 is 0 Å². The maximum atomic E-state index is 11.5. The molecule has 3 rings (SSSR count). The second kappa shape index (κ2) is 5.27. The zero-order valence-corrected chi connectivity index (χ0v) is 12.6. The number of rotatable bonds is 2. The van der Waals surface area contributed by atoms with Crippen LogP contribution in [0.4, 0.5) is 0 Å². The number of hydrogen-bond donors (Lipinski definition) is 1. The second-order valence-corrected chi connectivity index (χ2v) is 5.64. The minimum Gasteiger partial charge on any atom is -0.342 e. The molecule has 6 heteroatoms. The predicted octanol–water partition coefficient (Wildman–Crippen LogP) is 1.82. The summed E-state index contributed by atoms with van der Waals surface area (Å²) < 4.78 is 0. The lowest BCUT2D eigenvalue weighted by Gasteiger charge is -2.13. The first-order valence-corrected chi connectivity index (χ1v) is 7.16. The number of aromatic amines is 1. The number of hydrogen-bond acceptors (Lipinski definition) is 4. The summed E-state index contributed by atoms with van der Waals surface area (Å²) in [5.41, 5.74) is 3.60. The SMILES string of the molecule is CC(=O)N1CC[C@@H](c2nc(C)cc(-c3cc(C)[nH]n3)n2)C1. The molecule has 0 bridgehead atoms. The molecule has 0 radical (unpaired) electrons. The third kappa shape index (κ3) is 2.79. The van der Waals surface area contributed by atoms with E-state index in [9.17, 15) is 4.79 Å². The predicted molar refractivity (Wildman–Crippen MR) is 78.7 cm³/mol. The number of carbonyl (C=O) groups excluding carboxylic acids is 1. The molecule has 0 unspecified atom stereocenters. The van der Waals surface area contributed by atoms with E-state index in [-0.39, 0.29) is 11.8 Å². The van der Waals surface area contributed by atoms with Crippen molar-refractivity contribution >= 4 is 5.91 Å². The lowest BCUT2D eigenvalue weighted by Crippen LogP contribution is -2.25. The van der Waals surface area contributed by atoms with Crippen LogP contribution in [-0.2, 0) is 4.79 Å². The molecule has 2 aromatic rings. The van der Waals surface area contributed by atoms with E-state index in [1.54, 1.807) is 6.92 Å². The Bertz CT molecular complexity index is 678. The van der Waals surface area contributed by atoms with Crippen LogP contribution in [0.2, 0.25) is 0 Å². The van der Waals surface area contributed by atoms with Gasteiger partial charge in [-0.05, 0) is 32.4 Å². The van der Waals surface area contributed by atoms with Crippen molar-refractivity contribution < 1.29 is 4.79 Å². The second-order valence-electron chi connectivity index (χ2n) is 5.64. The summed E-state index contributed by atoms with van der Waals surface area (Å²) >= 11 is 0. The van der Waals surface area contributed by atoms with Gasteiger partial charge in [0.15, 0.2) is 0 Å². The molecule has 1 aliphatic heterocycles. The van der Waals surface area contributed by atoms with Gasteiger partial charge in [0.2, 0.25) is 5.91 Å². The van der Waals surface area contributed by atoms with E-state index in [4.69, 9.17) is 0 Å². The zero-order valence-electron chi connectivity index (χ0n) is 12.6. The molecule has 1 aliphatic rings. The number of aromatic nitrogens is 4. The number of aryl methyl sites for hydroxylation is 2. The van der Waals surface area contributed by atoms with Gasteiger partial charge in [-0.25, -0.2) is 9.97 Å². The summed E-state index contributed by atoms with van der Waals surface area (Å²) in [5.74, 6) is 1.15. The quantitative estimate of drug-likeness (QED) is 0.913. The van der Waals surface area contributed by atoms with Gasteiger partial charge >= 0.3 is 0 Å². The summed E-state index contributed by atoms with van der Waals surface area (Å²) in [6.07, 6.45) is 0.919. The van der Waals surface area contributed by atoms with E-state index < -0.39 is 0 Å². The fraction of sp³-hybridized carbons (Fsp3) is 0.467. The zero-order chi connectivity index (χ0) is 15.0. The minimum atomic E-state index is 0.119. The van der Waals surface area contributed by atoms with Gasteiger partial charge in [0.1, 0.15) is 11.5 Å². The number of nitrogens with zero attached hydrogens (tertiary/aromatic N) is 4. The molecule has 0 saturated carbocycles. The Kier molecular flexibility index (Phi) is 3.45. The van der Waals surface area contributed by atoms with E-state index in [0.717, 1.165) is 41.6 Å². The highest BCUT2D eigenvalue weighted by molar-refractivity contribution is 5.73. The molecular formula is C15H19N5O. The van der Waals surface area contributed by atoms with Crippen molar-refractivity contribution in [1.82, 2.24) is 25.1 Å². The van der Waals surface area contributed by atoms with Gasteiger partial charge in [-0.1, -0.05) is 0 Å². The van der Waals surface area contributed by atoms with Crippen LogP contribution in [0.25, 0.3) is 11.4 Å². The van der Waals surface area contributed by atoms with Crippen molar-refractivity contribution in [1.29, 1.82) is 0 Å². The standard InChI is InChI=1S/C15H19N5O/c1-9-6-13(14-7-10(2)18-19-14)17-15(16-9)12-4-5-20(8-12)11(3)21/h6-7,12H,4-5,8H2,1-3H3,(H,18,19)/t12-/m1/s1. The van der Waals surface area contributed by atoms with Crippen LogP contribution in [0.5, 0.6) is 0 Å². The molecule has 3 heterocycles. The monoisotopic (exact) mass is 285 g/mol. The maximum absolute atomic E-state index is 11.5. The van der Waals surface area contributed by atoms with Crippen molar-refractivity contribution in [3.05, 3.63) is 29.3 Å². The summed E-state index contributed by atoms with van der Waals surface area (Å²) in [4.78, 5) is 22.5. The number of H-pyrrole nitrogens is 1. The van der Waals surface area contributed by atoms with Gasteiger partial charge in [0.05, 0.1) is 5.69 Å². The van der Waals surface area contributed by atoms with Gasteiger partial charge in [-0.2, -0.15) is 5.10 Å². The summed E-state index contributed by atoms with van der Waals surface area (Å²) in [6.45, 7) is 7.03. The first-order chi connectivity index (χ1) is 10.0. The van der Waals surface area contributed by atoms with Crippen LogP contribution < -0.4 is 0 Å². The molecule has 2 aromatic heterocycles. The van der Waals surface area contributed by atoms with E-state index in [1.807, 2.05) is 30.9 Å². The third-order valence-electron chi connectivity index (χ3n) is 3.84. The van der Waals surface area contributed by atoms with Crippen LogP contribution in [-0.4, -0.2) is 44.1 Å². The van der Waals surface area contributed by atoms with E-state index in [2.05, 4.69) is 20.2 Å². The topological polar surface area (TPSA) is 74.8 Å². The summed E-state index contributed by atoms with van der Waals surface area (Å²) in [6, 6.07) is 3.92. The molecular weight excluding hydrogens is 266 g/mol. The highest BCUT2D eigenvalue weighted by atomic mass is 16.2. The Morgan fingerprint density at radius 2 is 2.10 bits per heavy atom. The number of carbonyl (C=O) groups is 1. The van der Waals surface area contributed by atoms with Crippen LogP contribution >= 0.6 is 0 Å². The molecule has 1 amide bonds. The minimum absolute atomic E-state index is 0.119. The van der Waals surface area contributed by atoms with E-state index in [0.29, 0.717) is 6.54 Å². The molecule has 1 atom stereocenters. The van der Waals surface area contributed by atoms with Gasteiger partial charge in [0.25, 0.3) is 0 Å². The van der Waals surface area contributed by atoms with Crippen LogP contribution in [0.15, 0.2) is 12.1 Å². The largest absolute Gasteiger partial charge is 0.342 e. The molecule has 6 nitrogen and oxygen atoms in total. The van der Waals surface area contributed by atoms with Crippen molar-refractivity contribution in [2.45, 2.75) is 33.1 Å². The van der Waals surface area contributed by atoms with Crippen LogP contribution in [0.3, 0.4) is 0 Å². The number of likely N-dealkylation sites (tertiary alicyclic amines) is 1. The molecule has 1 saturated heterocycles.